The van der Waals surface area contributed by atoms with Crippen molar-refractivity contribution in [3.8, 4) is 0 Å². The Morgan fingerprint density at radius 2 is 2.23 bits per heavy atom. The minimum absolute atomic E-state index is 0.315. The number of aliphatic hydroxyl groups is 3. The highest BCUT2D eigenvalue weighted by atomic mass is 32.2. The van der Waals surface area contributed by atoms with Crippen molar-refractivity contribution in [2.45, 2.75) is 12.2 Å². The van der Waals surface area contributed by atoms with Gasteiger partial charge in [-0.3, -0.25) is 0 Å². The van der Waals surface area contributed by atoms with Crippen molar-refractivity contribution < 1.29 is 24.9 Å². The van der Waals surface area contributed by atoms with Gasteiger partial charge in [0.25, 0.3) is 0 Å². The summed E-state index contributed by atoms with van der Waals surface area (Å²) in [6.45, 7) is 0. The molecular formula is C7H10O5S. The van der Waals surface area contributed by atoms with Gasteiger partial charge >= 0.3 is 5.97 Å². The van der Waals surface area contributed by atoms with E-state index in [0.717, 1.165) is 0 Å². The summed E-state index contributed by atoms with van der Waals surface area (Å²) in [7, 11) is 0. The minimum Gasteiger partial charge on any atom is -0.505 e. The minimum atomic E-state index is -1.13. The van der Waals surface area contributed by atoms with E-state index in [9.17, 15) is 9.90 Å². The highest BCUT2D eigenvalue weighted by Gasteiger charge is 2.38. The summed E-state index contributed by atoms with van der Waals surface area (Å²) in [5.74, 6) is -2.09. The molecule has 3 N–H and O–H groups in total. The molecule has 0 aromatic carbocycles. The molecule has 2 atom stereocenters. The topological polar surface area (TPSA) is 87.0 Å². The molecule has 0 aromatic rings. The number of hydrogen-bond acceptors (Lipinski definition) is 6. The fourth-order valence-electron chi connectivity index (χ4n) is 0.985. The Balaban J connectivity index is 2.70. The predicted octanol–water partition coefficient (Wildman–Crippen LogP) is -0.0367. The molecule has 1 heterocycles. The molecular weight excluding hydrogens is 196 g/mol. The summed E-state index contributed by atoms with van der Waals surface area (Å²) in [6.07, 6.45) is -0.357. The smallest absolute Gasteiger partial charge is 0.377 e. The highest BCUT2D eigenvalue weighted by molar-refractivity contribution is 7.98. The first-order chi connectivity index (χ1) is 6.07. The number of esters is 1. The van der Waals surface area contributed by atoms with E-state index in [0.29, 0.717) is 5.75 Å². The van der Waals surface area contributed by atoms with E-state index in [1.54, 1.807) is 6.26 Å². The zero-order chi connectivity index (χ0) is 10.0. The summed E-state index contributed by atoms with van der Waals surface area (Å²) < 4.78 is 4.52. The number of hydrogen-bond donors (Lipinski definition) is 3. The first-order valence-corrected chi connectivity index (χ1v) is 4.97. The van der Waals surface area contributed by atoms with Crippen molar-refractivity contribution in [2.24, 2.45) is 0 Å². The zero-order valence-electron chi connectivity index (χ0n) is 6.93. The molecule has 0 radical (unpaired) electrons. The van der Waals surface area contributed by atoms with Crippen LogP contribution >= 0.6 is 11.8 Å². The zero-order valence-corrected chi connectivity index (χ0v) is 7.74. The molecule has 0 saturated heterocycles. The standard InChI is InChI=1S/C7H10O5S/c1-13-2-3(8)6-4(9)5(10)7(11)12-6/h3,6,8-10H,2H2,1H3. The normalized spacial score (nSPS) is 24.8. The summed E-state index contributed by atoms with van der Waals surface area (Å²) in [6, 6.07) is 0. The Labute approximate surface area is 79.0 Å². The molecule has 1 rings (SSSR count). The van der Waals surface area contributed by atoms with Crippen LogP contribution in [0.2, 0.25) is 0 Å². The molecule has 13 heavy (non-hydrogen) atoms. The third-order valence-corrected chi connectivity index (χ3v) is 2.30. The van der Waals surface area contributed by atoms with Gasteiger partial charge in [-0.2, -0.15) is 11.8 Å². The lowest BCUT2D eigenvalue weighted by Gasteiger charge is -2.15. The average molecular weight is 206 g/mol. The van der Waals surface area contributed by atoms with Crippen LogP contribution in [0.25, 0.3) is 0 Å². The Morgan fingerprint density at radius 3 is 2.62 bits per heavy atom. The van der Waals surface area contributed by atoms with E-state index in [1.165, 1.54) is 11.8 Å². The van der Waals surface area contributed by atoms with Crippen LogP contribution < -0.4 is 0 Å². The second-order valence-electron chi connectivity index (χ2n) is 2.58. The first-order valence-electron chi connectivity index (χ1n) is 3.58. The van der Waals surface area contributed by atoms with E-state index in [-0.39, 0.29) is 0 Å². The van der Waals surface area contributed by atoms with Gasteiger partial charge in [-0.15, -0.1) is 0 Å². The van der Waals surface area contributed by atoms with Crippen LogP contribution in [-0.4, -0.2) is 45.5 Å². The van der Waals surface area contributed by atoms with Crippen LogP contribution in [0.5, 0.6) is 0 Å². The number of aliphatic hydroxyl groups excluding tert-OH is 3. The maximum atomic E-state index is 10.7. The van der Waals surface area contributed by atoms with Gasteiger partial charge in [0.2, 0.25) is 5.76 Å². The van der Waals surface area contributed by atoms with Crippen LogP contribution in [0.1, 0.15) is 0 Å². The van der Waals surface area contributed by atoms with Gasteiger partial charge in [0.15, 0.2) is 11.9 Å². The van der Waals surface area contributed by atoms with Gasteiger partial charge in [0, 0.05) is 5.75 Å². The van der Waals surface area contributed by atoms with Gasteiger partial charge in [-0.25, -0.2) is 4.79 Å². The van der Waals surface area contributed by atoms with Crippen molar-refractivity contribution in [1.82, 2.24) is 0 Å². The van der Waals surface area contributed by atoms with Crippen molar-refractivity contribution in [2.75, 3.05) is 12.0 Å². The molecule has 6 heteroatoms. The Kier molecular flexibility index (Phi) is 3.05. The van der Waals surface area contributed by atoms with Gasteiger partial charge in [0.05, 0.1) is 0 Å². The molecule has 74 valence electrons. The third-order valence-electron chi connectivity index (χ3n) is 1.63. The van der Waals surface area contributed by atoms with E-state index in [1.807, 2.05) is 0 Å². The lowest BCUT2D eigenvalue weighted by atomic mass is 10.2. The van der Waals surface area contributed by atoms with Crippen LogP contribution in [0.3, 0.4) is 0 Å². The second-order valence-corrected chi connectivity index (χ2v) is 3.49. The number of cyclic esters (lactones) is 1. The SMILES string of the molecule is CSCC(O)C1OC(=O)C(O)=C1O. The molecule has 0 aliphatic carbocycles. The molecule has 5 nitrogen and oxygen atoms in total. The molecule has 0 spiro atoms. The predicted molar refractivity (Wildman–Crippen MR) is 46.6 cm³/mol. The summed E-state index contributed by atoms with van der Waals surface area (Å²) in [5, 5.41) is 27.4. The maximum Gasteiger partial charge on any atom is 0.377 e. The van der Waals surface area contributed by atoms with Gasteiger partial charge < -0.3 is 20.1 Å². The highest BCUT2D eigenvalue weighted by Crippen LogP contribution is 2.22. The van der Waals surface area contributed by atoms with Crippen molar-refractivity contribution >= 4 is 17.7 Å². The van der Waals surface area contributed by atoms with E-state index >= 15 is 0 Å². The van der Waals surface area contributed by atoms with Crippen molar-refractivity contribution in [1.29, 1.82) is 0 Å². The van der Waals surface area contributed by atoms with E-state index < -0.39 is 29.7 Å². The van der Waals surface area contributed by atoms with Crippen molar-refractivity contribution in [3.05, 3.63) is 11.5 Å². The number of rotatable bonds is 3. The molecule has 1 aliphatic rings. The average Bonchev–Trinajstić information content (AvgIpc) is 2.33. The Hall–Kier alpha value is -0.880. The molecule has 0 saturated carbocycles. The molecule has 0 bridgehead atoms. The first kappa shape index (κ1) is 10.2. The number of thioether (sulfide) groups is 1. The Bertz CT molecular complexity index is 249. The van der Waals surface area contributed by atoms with Crippen LogP contribution in [0.15, 0.2) is 11.5 Å². The van der Waals surface area contributed by atoms with Crippen LogP contribution in [-0.2, 0) is 9.53 Å². The maximum absolute atomic E-state index is 10.7. The van der Waals surface area contributed by atoms with Gasteiger partial charge in [0.1, 0.15) is 6.10 Å². The largest absolute Gasteiger partial charge is 0.505 e. The van der Waals surface area contributed by atoms with Crippen molar-refractivity contribution in [3.63, 3.8) is 0 Å². The quantitative estimate of drug-likeness (QED) is 0.562. The third kappa shape index (κ3) is 1.89. The van der Waals surface area contributed by atoms with Gasteiger partial charge in [-0.05, 0) is 6.26 Å². The molecule has 1 aliphatic heterocycles. The Morgan fingerprint density at radius 1 is 1.62 bits per heavy atom. The van der Waals surface area contributed by atoms with E-state index in [4.69, 9.17) is 10.2 Å². The van der Waals surface area contributed by atoms with E-state index in [2.05, 4.69) is 4.74 Å². The molecule has 2 unspecified atom stereocenters. The summed E-state index contributed by atoms with van der Waals surface area (Å²) in [5.41, 5.74) is 0. The number of carbonyl (C=O) groups excluding carboxylic acids is 1. The van der Waals surface area contributed by atoms with Gasteiger partial charge in [-0.1, -0.05) is 0 Å². The van der Waals surface area contributed by atoms with Crippen LogP contribution in [0, 0.1) is 0 Å². The van der Waals surface area contributed by atoms with Crippen LogP contribution in [0.4, 0.5) is 0 Å². The summed E-state index contributed by atoms with van der Waals surface area (Å²) >= 11 is 1.34. The monoisotopic (exact) mass is 206 g/mol. The second kappa shape index (κ2) is 3.89. The lowest BCUT2D eigenvalue weighted by Crippen LogP contribution is -2.30. The molecule has 0 amide bonds. The fraction of sp³-hybridized carbons (Fsp3) is 0.571. The fourth-order valence-corrected chi connectivity index (χ4v) is 1.50. The summed E-state index contributed by atoms with van der Waals surface area (Å²) in [4.78, 5) is 10.7. The number of carbonyl (C=O) groups is 1. The molecule has 0 aromatic heterocycles. The number of ether oxygens (including phenoxy) is 1. The molecule has 0 fully saturated rings. The lowest BCUT2D eigenvalue weighted by molar-refractivity contribution is -0.146.